The summed E-state index contributed by atoms with van der Waals surface area (Å²) in [7, 11) is 0. The second-order valence-corrected chi connectivity index (χ2v) is 7.88. The van der Waals surface area contributed by atoms with E-state index in [2.05, 4.69) is 42.2 Å². The van der Waals surface area contributed by atoms with Crippen molar-refractivity contribution in [2.24, 2.45) is 4.99 Å². The van der Waals surface area contributed by atoms with Crippen LogP contribution in [-0.4, -0.2) is 57.7 Å². The number of H-pyrrole nitrogens is 2. The van der Waals surface area contributed by atoms with Crippen LogP contribution in [0.25, 0.3) is 0 Å². The Kier molecular flexibility index (Phi) is 6.66. The van der Waals surface area contributed by atoms with Crippen molar-refractivity contribution in [3.05, 3.63) is 87.6 Å². The predicted octanol–water partition coefficient (Wildman–Crippen LogP) is 2.12. The molecule has 33 heavy (non-hydrogen) atoms. The molecule has 1 aromatic heterocycles. The monoisotopic (exact) mass is 443 g/mol. The largest absolute Gasteiger partial charge is 0.339 e. The number of nitrogens with one attached hydrogen (secondary N) is 3. The lowest BCUT2D eigenvalue weighted by molar-refractivity contribution is 0.103. The Labute approximate surface area is 191 Å². The van der Waals surface area contributed by atoms with Crippen molar-refractivity contribution in [1.29, 1.82) is 5.26 Å². The number of hydrogen-bond donors (Lipinski definition) is 3. The lowest BCUT2D eigenvalue weighted by atomic mass is 10.1. The van der Waals surface area contributed by atoms with Crippen LogP contribution >= 0.6 is 0 Å². The highest BCUT2D eigenvalue weighted by Crippen LogP contribution is 2.17. The van der Waals surface area contributed by atoms with Crippen LogP contribution in [0.3, 0.4) is 0 Å². The third kappa shape index (κ3) is 5.37. The molecule has 9 heteroatoms. The molecule has 0 radical (unpaired) electrons. The molecule has 4 rings (SSSR count). The average molecular weight is 444 g/mol. The van der Waals surface area contributed by atoms with E-state index < -0.39 is 5.69 Å². The predicted molar refractivity (Wildman–Crippen MR) is 125 cm³/mol. The van der Waals surface area contributed by atoms with Crippen molar-refractivity contribution in [2.45, 2.75) is 13.5 Å². The minimum Gasteiger partial charge on any atom is -0.339 e. The molecule has 0 amide bonds. The molecule has 1 saturated heterocycles. The van der Waals surface area contributed by atoms with Crippen molar-refractivity contribution >= 4 is 17.4 Å². The molecule has 1 aliphatic rings. The number of imidazole rings is 1. The Bertz CT molecular complexity index is 1230. The summed E-state index contributed by atoms with van der Waals surface area (Å²) < 4.78 is 0. The van der Waals surface area contributed by atoms with Gasteiger partial charge < -0.3 is 14.9 Å². The number of aromatic amines is 2. The number of carbonyl (C=O) groups is 1. The molecule has 2 heterocycles. The van der Waals surface area contributed by atoms with Crippen LogP contribution in [-0.2, 0) is 6.54 Å². The fraction of sp³-hybridized carbons (Fsp3) is 0.250. The summed E-state index contributed by atoms with van der Waals surface area (Å²) in [4.78, 5) is 38.2. The minimum absolute atomic E-state index is 0.247. The summed E-state index contributed by atoms with van der Waals surface area (Å²) in [6.07, 6.45) is 1.97. The van der Waals surface area contributed by atoms with E-state index in [0.717, 1.165) is 32.7 Å². The highest BCUT2D eigenvalue weighted by Gasteiger charge is 2.20. The maximum absolute atomic E-state index is 12.6. The standard InChI is InChI=1S/C24H25N7O2/c1-17-21(29-24(33)27-17)22(32)19-7-9-20(10-8-19)28-23(26-16-25)31-13-11-30(12-14-31)15-18-5-3-2-4-6-18/h2-10H,11-15H2,1H3,(H,26,28)(H2,27,29,33). The van der Waals surface area contributed by atoms with Gasteiger partial charge in [-0.3, -0.25) is 15.0 Å². The number of aryl methyl sites for hydroxylation is 1. The summed E-state index contributed by atoms with van der Waals surface area (Å²) in [5.74, 6) is 0.216. The topological polar surface area (TPSA) is 120 Å². The molecule has 0 atom stereocenters. The fourth-order valence-electron chi connectivity index (χ4n) is 3.84. The van der Waals surface area contributed by atoms with Gasteiger partial charge in [0.05, 0.1) is 5.69 Å². The smallest absolute Gasteiger partial charge is 0.323 e. The number of benzene rings is 2. The lowest BCUT2D eigenvalue weighted by Crippen LogP contribution is -2.51. The van der Waals surface area contributed by atoms with Crippen molar-refractivity contribution < 1.29 is 4.79 Å². The molecule has 1 fully saturated rings. The zero-order valence-corrected chi connectivity index (χ0v) is 18.3. The number of hydrogen-bond acceptors (Lipinski definition) is 5. The van der Waals surface area contributed by atoms with Crippen molar-refractivity contribution in [2.75, 3.05) is 26.2 Å². The Morgan fingerprint density at radius 1 is 1.06 bits per heavy atom. The van der Waals surface area contributed by atoms with Gasteiger partial charge in [0.25, 0.3) is 0 Å². The number of piperazine rings is 1. The number of nitrogens with zero attached hydrogens (tertiary/aromatic N) is 4. The fourth-order valence-corrected chi connectivity index (χ4v) is 3.84. The molecule has 1 aliphatic heterocycles. The first kappa shape index (κ1) is 22.0. The summed E-state index contributed by atoms with van der Waals surface area (Å²) in [5, 5.41) is 11.9. The van der Waals surface area contributed by atoms with Gasteiger partial charge in [-0.25, -0.2) is 9.79 Å². The van der Waals surface area contributed by atoms with Gasteiger partial charge in [-0.1, -0.05) is 30.3 Å². The van der Waals surface area contributed by atoms with E-state index in [-0.39, 0.29) is 11.5 Å². The van der Waals surface area contributed by atoms with Crippen LogP contribution in [0.1, 0.15) is 27.3 Å². The van der Waals surface area contributed by atoms with Gasteiger partial charge in [0, 0.05) is 44.0 Å². The zero-order valence-electron chi connectivity index (χ0n) is 18.3. The Morgan fingerprint density at radius 2 is 1.76 bits per heavy atom. The van der Waals surface area contributed by atoms with Crippen LogP contribution in [0.15, 0.2) is 64.4 Å². The normalized spacial score (nSPS) is 14.7. The quantitative estimate of drug-likeness (QED) is 0.183. The molecular formula is C24H25N7O2. The highest BCUT2D eigenvalue weighted by atomic mass is 16.1. The molecule has 0 bridgehead atoms. The number of carbonyl (C=O) groups excluding carboxylic acids is 1. The van der Waals surface area contributed by atoms with E-state index in [0.29, 0.717) is 22.9 Å². The first-order valence-corrected chi connectivity index (χ1v) is 10.7. The van der Waals surface area contributed by atoms with Crippen LogP contribution in [0.2, 0.25) is 0 Å². The first-order valence-electron chi connectivity index (χ1n) is 10.7. The number of aromatic nitrogens is 2. The summed E-state index contributed by atoms with van der Waals surface area (Å²) in [6.45, 7) is 5.79. The van der Waals surface area contributed by atoms with Gasteiger partial charge in [0.2, 0.25) is 11.7 Å². The highest BCUT2D eigenvalue weighted by molar-refractivity contribution is 6.08. The van der Waals surface area contributed by atoms with E-state index in [1.807, 2.05) is 24.4 Å². The Balaban J connectivity index is 1.42. The molecule has 3 aromatic rings. The number of nitriles is 1. The maximum Gasteiger partial charge on any atom is 0.323 e. The SMILES string of the molecule is Cc1[nH]c(=O)[nH]c1C(=O)c1ccc(N=C(NC#N)N2CCN(Cc3ccccc3)CC2)cc1. The summed E-state index contributed by atoms with van der Waals surface area (Å²) >= 11 is 0. The molecule has 0 saturated carbocycles. The van der Waals surface area contributed by atoms with Crippen LogP contribution < -0.4 is 11.0 Å². The van der Waals surface area contributed by atoms with E-state index in [1.165, 1.54) is 5.56 Å². The molecule has 0 spiro atoms. The third-order valence-electron chi connectivity index (χ3n) is 5.59. The van der Waals surface area contributed by atoms with E-state index >= 15 is 0 Å². The van der Waals surface area contributed by atoms with Crippen molar-refractivity contribution in [3.8, 4) is 6.19 Å². The molecule has 3 N–H and O–H groups in total. The van der Waals surface area contributed by atoms with E-state index in [1.54, 1.807) is 31.2 Å². The number of guanidine groups is 1. The van der Waals surface area contributed by atoms with Crippen LogP contribution in [0, 0.1) is 18.4 Å². The Hall–Kier alpha value is -4.16. The number of rotatable bonds is 5. The summed E-state index contributed by atoms with van der Waals surface area (Å²) in [5.41, 5.74) is 2.68. The average Bonchev–Trinajstić information content (AvgIpc) is 3.18. The molecule has 9 nitrogen and oxygen atoms in total. The van der Waals surface area contributed by atoms with Gasteiger partial charge in [0.1, 0.15) is 5.69 Å². The number of ketones is 1. The van der Waals surface area contributed by atoms with Gasteiger partial charge in [-0.15, -0.1) is 0 Å². The third-order valence-corrected chi connectivity index (χ3v) is 5.59. The van der Waals surface area contributed by atoms with Gasteiger partial charge in [-0.2, -0.15) is 5.26 Å². The molecular weight excluding hydrogens is 418 g/mol. The van der Waals surface area contributed by atoms with Gasteiger partial charge in [-0.05, 0) is 36.8 Å². The zero-order chi connectivity index (χ0) is 23.2. The molecule has 0 aliphatic carbocycles. The second kappa shape index (κ2) is 9.97. The van der Waals surface area contributed by atoms with Crippen molar-refractivity contribution in [3.63, 3.8) is 0 Å². The van der Waals surface area contributed by atoms with E-state index in [9.17, 15) is 14.9 Å². The maximum atomic E-state index is 12.6. The minimum atomic E-state index is -0.409. The van der Waals surface area contributed by atoms with Gasteiger partial charge in [0.15, 0.2) is 6.19 Å². The lowest BCUT2D eigenvalue weighted by Gasteiger charge is -2.35. The van der Waals surface area contributed by atoms with Crippen LogP contribution in [0.5, 0.6) is 0 Å². The van der Waals surface area contributed by atoms with Gasteiger partial charge >= 0.3 is 5.69 Å². The summed E-state index contributed by atoms with van der Waals surface area (Å²) in [6, 6.07) is 17.1. The van der Waals surface area contributed by atoms with Crippen molar-refractivity contribution in [1.82, 2.24) is 25.1 Å². The van der Waals surface area contributed by atoms with Crippen LogP contribution in [0.4, 0.5) is 5.69 Å². The second-order valence-electron chi connectivity index (χ2n) is 7.88. The first-order chi connectivity index (χ1) is 16.0. The molecule has 2 aromatic carbocycles. The number of aliphatic imine (C=N–C) groups is 1. The molecule has 0 unspecified atom stereocenters. The molecule has 168 valence electrons. The Morgan fingerprint density at radius 3 is 2.36 bits per heavy atom. The van der Waals surface area contributed by atoms with E-state index in [4.69, 9.17) is 0 Å².